The number of rotatable bonds is 8. The first-order valence-electron chi connectivity index (χ1n) is 9.22. The van der Waals surface area contributed by atoms with Crippen LogP contribution in [0.25, 0.3) is 0 Å². The van der Waals surface area contributed by atoms with Crippen molar-refractivity contribution in [2.75, 3.05) is 0 Å². The molecule has 0 radical (unpaired) electrons. The van der Waals surface area contributed by atoms with Crippen LogP contribution >= 0.6 is 40.5 Å². The first kappa shape index (κ1) is 25.3. The molecule has 0 aromatic rings. The van der Waals surface area contributed by atoms with Gasteiger partial charge in [0, 0.05) is 0 Å². The molecule has 0 aliphatic rings. The van der Waals surface area contributed by atoms with Crippen molar-refractivity contribution in [2.24, 2.45) is 0 Å². The molecular formula is C18H44Br2NiP2. The van der Waals surface area contributed by atoms with Gasteiger partial charge in [0.1, 0.15) is 0 Å². The van der Waals surface area contributed by atoms with Gasteiger partial charge in [0.2, 0.25) is 0 Å². The van der Waals surface area contributed by atoms with Crippen LogP contribution in [-0.2, 0) is 7.98 Å². The van der Waals surface area contributed by atoms with Gasteiger partial charge >= 0.3 is 166 Å². The molecule has 0 saturated carbocycles. The maximum atomic E-state index is 4.57. The molecule has 0 aromatic carbocycles. The third-order valence-corrected chi connectivity index (χ3v) is 62.3. The Bertz CT molecular complexity index is 300. The van der Waals surface area contributed by atoms with E-state index in [1.165, 1.54) is 0 Å². The summed E-state index contributed by atoms with van der Waals surface area (Å²) in [6.45, 7) is 30.2. The molecule has 0 N–H and O–H groups in total. The average Bonchev–Trinajstić information content (AvgIpc) is 2.24. The van der Waals surface area contributed by atoms with Crippen LogP contribution in [0.3, 0.4) is 0 Å². The van der Waals surface area contributed by atoms with E-state index in [1.807, 2.05) is 0 Å². The monoisotopic (exact) mass is 538 g/mol. The van der Waals surface area contributed by atoms with E-state index < -0.39 is 20.1 Å². The van der Waals surface area contributed by atoms with Crippen molar-refractivity contribution in [3.8, 4) is 0 Å². The van der Waals surface area contributed by atoms with Crippen molar-refractivity contribution in [1.29, 1.82) is 0 Å². The van der Waals surface area contributed by atoms with Crippen molar-refractivity contribution in [2.45, 2.75) is 117 Å². The summed E-state index contributed by atoms with van der Waals surface area (Å²) in [5.74, 6) is 0. The van der Waals surface area contributed by atoms with Gasteiger partial charge in [0.05, 0.1) is 0 Å². The predicted molar refractivity (Wildman–Crippen MR) is 125 cm³/mol. The van der Waals surface area contributed by atoms with Gasteiger partial charge in [-0.05, 0) is 0 Å². The summed E-state index contributed by atoms with van der Waals surface area (Å²) >= 11 is 9.13. The van der Waals surface area contributed by atoms with Gasteiger partial charge in [0.15, 0.2) is 0 Å². The van der Waals surface area contributed by atoms with E-state index in [9.17, 15) is 0 Å². The topological polar surface area (TPSA) is 0 Å². The molecule has 0 unspecified atom stereocenters. The summed E-state index contributed by atoms with van der Waals surface area (Å²) in [7, 11) is -1.12. The van der Waals surface area contributed by atoms with Crippen LogP contribution in [0.2, 0.25) is 0 Å². The Kier molecular flexibility index (Phi) is 9.91. The van der Waals surface area contributed by atoms with Crippen LogP contribution < -0.4 is 0 Å². The van der Waals surface area contributed by atoms with Crippen molar-refractivity contribution >= 4 is 40.5 Å². The zero-order valence-electron chi connectivity index (χ0n) is 17.5. The number of hydrogen-bond donors (Lipinski definition) is 0. The van der Waals surface area contributed by atoms with E-state index in [0.717, 1.165) is 34.0 Å². The minimum absolute atomic E-state index is 0.796. The van der Waals surface area contributed by atoms with Crippen LogP contribution in [0.4, 0.5) is 0 Å². The summed E-state index contributed by atoms with van der Waals surface area (Å²) < 4.78 is 0. The summed E-state index contributed by atoms with van der Waals surface area (Å²) in [6, 6.07) is -3.18. The van der Waals surface area contributed by atoms with E-state index >= 15 is 0 Å². The Hall–Kier alpha value is 2.31. The van der Waals surface area contributed by atoms with Crippen molar-refractivity contribution in [1.82, 2.24) is 0 Å². The zero-order chi connectivity index (χ0) is 19.0. The predicted octanol–water partition coefficient (Wildman–Crippen LogP) is 8.54. The fourth-order valence-electron chi connectivity index (χ4n) is 5.61. The van der Waals surface area contributed by atoms with Crippen molar-refractivity contribution in [3.05, 3.63) is 0 Å². The summed E-state index contributed by atoms with van der Waals surface area (Å²) in [5.41, 5.74) is 4.77. The molecule has 5 heteroatoms. The average molecular weight is 541 g/mol. The Morgan fingerprint density at radius 3 is 0.652 bits per heavy atom. The van der Waals surface area contributed by atoms with Gasteiger partial charge in [-0.2, -0.15) is 0 Å². The molecule has 0 saturated heterocycles. The molecule has 0 nitrogen and oxygen atoms in total. The Balaban J connectivity index is 6.86. The molecule has 0 spiro atoms. The summed E-state index contributed by atoms with van der Waals surface area (Å²) in [4.78, 5) is 0. The summed E-state index contributed by atoms with van der Waals surface area (Å²) in [5, 5.41) is 0. The van der Waals surface area contributed by atoms with Crippen LogP contribution in [0.5, 0.6) is 0 Å². The molecule has 0 amide bonds. The Morgan fingerprint density at radius 2 is 0.565 bits per heavy atom. The third-order valence-electron chi connectivity index (χ3n) is 5.78. The fraction of sp³-hybridized carbons (Fsp3) is 1.00. The molecule has 0 heterocycles. The fourth-order valence-corrected chi connectivity index (χ4v) is 94.3. The zero-order valence-corrected chi connectivity index (χ0v) is 23.7. The molecule has 0 bridgehead atoms. The summed E-state index contributed by atoms with van der Waals surface area (Å²) in [6.07, 6.45) is 0. The quantitative estimate of drug-likeness (QED) is 0.214. The van der Waals surface area contributed by atoms with E-state index in [0.29, 0.717) is 0 Å². The first-order chi connectivity index (χ1) is 10.2. The molecule has 0 aliphatic heterocycles. The molecule has 0 atom stereocenters. The van der Waals surface area contributed by atoms with Crippen molar-refractivity contribution < 1.29 is 7.98 Å². The van der Waals surface area contributed by atoms with Gasteiger partial charge in [-0.15, -0.1) is 0 Å². The number of hydrogen-bond acceptors (Lipinski definition) is 0. The molecule has 23 heavy (non-hydrogen) atoms. The van der Waals surface area contributed by atoms with E-state index in [1.54, 1.807) is 0 Å². The van der Waals surface area contributed by atoms with Gasteiger partial charge in [-0.3, -0.25) is 0 Å². The van der Waals surface area contributed by atoms with Crippen LogP contribution in [0.15, 0.2) is 0 Å². The van der Waals surface area contributed by atoms with Gasteiger partial charge in [-0.25, -0.2) is 0 Å². The first-order valence-corrected chi connectivity index (χ1v) is 21.2. The molecule has 0 fully saturated rings. The second kappa shape index (κ2) is 9.00. The van der Waals surface area contributed by atoms with Crippen LogP contribution in [0, 0.1) is 0 Å². The maximum absolute atomic E-state index is 4.57. The second-order valence-corrected chi connectivity index (χ2v) is 47.0. The van der Waals surface area contributed by atoms with Crippen LogP contribution in [-0.4, -0.2) is 34.0 Å². The third kappa shape index (κ3) is 3.82. The Labute approximate surface area is 164 Å². The molecule has 0 rings (SSSR count). The van der Waals surface area contributed by atoms with Crippen LogP contribution in [0.1, 0.15) is 83.1 Å². The molecule has 0 aliphatic carbocycles. The standard InChI is InChI=1S/2C9H21P.2BrH.Ni/c2*1-7(2)10(8(3)4)9(5)6;;;/h2*7-9H,1-6H3;2*1H;. The minimum atomic E-state index is -1.59. The van der Waals surface area contributed by atoms with Gasteiger partial charge in [0.25, 0.3) is 0 Å². The number of halogens is 2. The molecular weight excluding hydrogens is 497 g/mol. The molecule has 0 aromatic heterocycles. The SMILES string of the molecule is CC(C)[PH](C(C)C)(C(C)C)[Ni]([Br])([Br])[PH](C(C)C)(C(C)C)C(C)C. The van der Waals surface area contributed by atoms with Gasteiger partial charge < -0.3 is 0 Å². The van der Waals surface area contributed by atoms with Crippen molar-refractivity contribution in [3.63, 3.8) is 0 Å². The van der Waals surface area contributed by atoms with E-state index in [2.05, 4.69) is 112 Å². The van der Waals surface area contributed by atoms with E-state index in [4.69, 9.17) is 0 Å². The molecule has 150 valence electrons. The van der Waals surface area contributed by atoms with E-state index in [-0.39, 0.29) is 0 Å². The van der Waals surface area contributed by atoms with Gasteiger partial charge in [-0.1, -0.05) is 0 Å². The second-order valence-electron chi connectivity index (χ2n) is 8.84. The normalized spacial score (nSPS) is 17.2. The Morgan fingerprint density at radius 1 is 0.435 bits per heavy atom.